The van der Waals surface area contributed by atoms with E-state index in [1.165, 1.54) is 24.6 Å². The second-order valence-electron chi connectivity index (χ2n) is 7.17. The molecule has 0 N–H and O–H groups in total. The largest absolute Gasteiger partial charge is 0.356 e. The molecule has 6 heteroatoms. The summed E-state index contributed by atoms with van der Waals surface area (Å²) >= 11 is 1.89. The van der Waals surface area contributed by atoms with E-state index >= 15 is 0 Å². The molecule has 0 radical (unpaired) electrons. The number of fused-ring (bicyclic) bond motifs is 2. The Morgan fingerprint density at radius 2 is 1.96 bits per heavy atom. The predicted octanol–water partition coefficient (Wildman–Crippen LogP) is 3.86. The van der Waals surface area contributed by atoms with Crippen LogP contribution in [0.15, 0.2) is 36.0 Å². The fraction of sp³-hybridized carbons (Fsp3) is 0.400. The predicted molar refractivity (Wildman–Crippen MR) is 103 cm³/mol. The Morgan fingerprint density at radius 1 is 1.08 bits per heavy atom. The van der Waals surface area contributed by atoms with E-state index in [9.17, 15) is 4.39 Å². The van der Waals surface area contributed by atoms with Crippen LogP contribution in [0.25, 0.3) is 10.9 Å². The maximum Gasteiger partial charge on any atom is 0.139 e. The molecule has 2 aliphatic heterocycles. The van der Waals surface area contributed by atoms with Gasteiger partial charge in [-0.05, 0) is 54.5 Å². The molecule has 0 aliphatic carbocycles. The molecule has 0 spiro atoms. The van der Waals surface area contributed by atoms with Crippen LogP contribution in [0.3, 0.4) is 0 Å². The number of benzene rings is 1. The number of anilines is 1. The molecule has 0 saturated carbocycles. The Labute approximate surface area is 156 Å². The lowest BCUT2D eigenvalue weighted by molar-refractivity contribution is 0.154. The van der Waals surface area contributed by atoms with E-state index in [0.717, 1.165) is 49.2 Å². The second-order valence-corrected chi connectivity index (χ2v) is 8.17. The van der Waals surface area contributed by atoms with Gasteiger partial charge in [0.25, 0.3) is 0 Å². The zero-order valence-corrected chi connectivity index (χ0v) is 15.4. The minimum Gasteiger partial charge on any atom is -0.356 e. The summed E-state index contributed by atoms with van der Waals surface area (Å²) in [4.78, 5) is 15.2. The topological polar surface area (TPSA) is 32.3 Å². The minimum absolute atomic E-state index is 0.233. The highest BCUT2D eigenvalue weighted by Crippen LogP contribution is 2.30. The van der Waals surface area contributed by atoms with E-state index in [-0.39, 0.29) is 5.82 Å². The first-order valence-electron chi connectivity index (χ1n) is 9.22. The molecular formula is C20H21FN4S. The molecule has 2 aliphatic rings. The van der Waals surface area contributed by atoms with Gasteiger partial charge in [-0.25, -0.2) is 14.4 Å². The normalized spacial score (nSPS) is 19.0. The fourth-order valence-corrected chi connectivity index (χ4v) is 5.18. The quantitative estimate of drug-likeness (QED) is 0.688. The molecule has 26 heavy (non-hydrogen) atoms. The molecular weight excluding hydrogens is 347 g/mol. The highest BCUT2D eigenvalue weighted by atomic mass is 32.1. The van der Waals surface area contributed by atoms with E-state index in [2.05, 4.69) is 31.2 Å². The van der Waals surface area contributed by atoms with Crippen molar-refractivity contribution < 1.29 is 4.39 Å². The highest BCUT2D eigenvalue weighted by Gasteiger charge is 2.28. The fourth-order valence-electron chi connectivity index (χ4n) is 4.29. The van der Waals surface area contributed by atoms with Crippen LogP contribution >= 0.6 is 11.3 Å². The average Bonchev–Trinajstić information content (AvgIpc) is 3.15. The summed E-state index contributed by atoms with van der Waals surface area (Å²) in [7, 11) is 0. The highest BCUT2D eigenvalue weighted by molar-refractivity contribution is 7.10. The van der Waals surface area contributed by atoms with E-state index in [1.807, 2.05) is 11.3 Å². The van der Waals surface area contributed by atoms with Crippen LogP contribution in [-0.4, -0.2) is 40.5 Å². The first-order valence-corrected chi connectivity index (χ1v) is 10.1. The molecule has 1 saturated heterocycles. The Kier molecular flexibility index (Phi) is 4.10. The number of piperidine rings is 1. The van der Waals surface area contributed by atoms with Gasteiger partial charge >= 0.3 is 0 Å². The van der Waals surface area contributed by atoms with E-state index in [1.54, 1.807) is 23.3 Å². The van der Waals surface area contributed by atoms with Crippen LogP contribution in [0.5, 0.6) is 0 Å². The Bertz CT molecular complexity index is 932. The van der Waals surface area contributed by atoms with Gasteiger partial charge in [-0.1, -0.05) is 0 Å². The van der Waals surface area contributed by atoms with Crippen LogP contribution in [-0.2, 0) is 13.0 Å². The van der Waals surface area contributed by atoms with Crippen LogP contribution in [0.1, 0.15) is 23.3 Å². The van der Waals surface area contributed by atoms with E-state index < -0.39 is 0 Å². The molecule has 0 amide bonds. The first-order chi connectivity index (χ1) is 12.8. The van der Waals surface area contributed by atoms with Gasteiger partial charge in [-0.15, -0.1) is 11.3 Å². The zero-order valence-electron chi connectivity index (χ0n) is 14.6. The number of nitrogens with zero attached hydrogens (tertiary/aromatic N) is 4. The molecule has 4 heterocycles. The SMILES string of the molecule is Fc1ccc2ncnc(N3CCC(N4CCc5sccc5C4)CC3)c2c1. The number of halogens is 1. The minimum atomic E-state index is -0.233. The van der Waals surface area contributed by atoms with Crippen LogP contribution < -0.4 is 4.90 Å². The van der Waals surface area contributed by atoms with Gasteiger partial charge in [0.15, 0.2) is 0 Å². The molecule has 0 unspecified atom stereocenters. The third-order valence-electron chi connectivity index (χ3n) is 5.69. The smallest absolute Gasteiger partial charge is 0.139 e. The van der Waals surface area contributed by atoms with Gasteiger partial charge in [0, 0.05) is 42.5 Å². The molecule has 3 aromatic rings. The monoisotopic (exact) mass is 368 g/mol. The summed E-state index contributed by atoms with van der Waals surface area (Å²) in [6.07, 6.45) is 5.02. The van der Waals surface area contributed by atoms with Crippen molar-refractivity contribution in [3.8, 4) is 0 Å². The van der Waals surface area contributed by atoms with Crippen molar-refractivity contribution >= 4 is 28.1 Å². The van der Waals surface area contributed by atoms with Gasteiger partial charge in [-0.3, -0.25) is 4.90 Å². The van der Waals surface area contributed by atoms with Gasteiger partial charge in [-0.2, -0.15) is 0 Å². The van der Waals surface area contributed by atoms with Crippen LogP contribution in [0.2, 0.25) is 0 Å². The van der Waals surface area contributed by atoms with Crippen molar-refractivity contribution in [3.05, 3.63) is 52.2 Å². The third-order valence-corrected chi connectivity index (χ3v) is 6.72. The van der Waals surface area contributed by atoms with Gasteiger partial charge in [0.2, 0.25) is 0 Å². The average molecular weight is 368 g/mol. The summed E-state index contributed by atoms with van der Waals surface area (Å²) < 4.78 is 13.7. The standard InChI is InChI=1S/C20H21FN4S/c21-15-1-2-18-17(11-15)20(23-13-22-18)24-7-3-16(4-8-24)25-9-5-19-14(12-25)6-10-26-19/h1-2,6,10-11,13,16H,3-5,7-9,12H2. The van der Waals surface area contributed by atoms with Crippen molar-refractivity contribution in [2.45, 2.75) is 31.8 Å². The number of aromatic nitrogens is 2. The lowest BCUT2D eigenvalue weighted by atomic mass is 9.99. The summed E-state index contributed by atoms with van der Waals surface area (Å²) in [5.74, 6) is 0.634. The second kappa shape index (κ2) is 6.59. The molecule has 5 rings (SSSR count). The number of hydrogen-bond acceptors (Lipinski definition) is 5. The molecule has 0 bridgehead atoms. The third kappa shape index (κ3) is 2.87. The van der Waals surface area contributed by atoms with Crippen LogP contribution in [0, 0.1) is 5.82 Å². The molecule has 1 fully saturated rings. The number of thiophene rings is 1. The van der Waals surface area contributed by atoms with Gasteiger partial charge in [0.1, 0.15) is 18.0 Å². The molecule has 1 aromatic carbocycles. The summed E-state index contributed by atoms with van der Waals surface area (Å²) in [5.41, 5.74) is 2.32. The Hall–Kier alpha value is -2.05. The Morgan fingerprint density at radius 3 is 2.85 bits per heavy atom. The number of hydrogen-bond donors (Lipinski definition) is 0. The maximum atomic E-state index is 13.7. The summed E-state index contributed by atoms with van der Waals surface area (Å²) in [6, 6.07) is 7.65. The molecule has 0 atom stereocenters. The zero-order chi connectivity index (χ0) is 17.5. The van der Waals surface area contributed by atoms with Gasteiger partial charge < -0.3 is 4.90 Å². The lowest BCUT2D eigenvalue weighted by Gasteiger charge is -2.40. The van der Waals surface area contributed by atoms with E-state index in [0.29, 0.717) is 6.04 Å². The first kappa shape index (κ1) is 16.1. The van der Waals surface area contributed by atoms with Crippen molar-refractivity contribution in [3.63, 3.8) is 0 Å². The lowest BCUT2D eigenvalue weighted by Crippen LogP contribution is -2.46. The van der Waals surface area contributed by atoms with Crippen molar-refractivity contribution in [2.75, 3.05) is 24.5 Å². The summed E-state index contributed by atoms with van der Waals surface area (Å²) in [5, 5.41) is 3.03. The maximum absolute atomic E-state index is 13.7. The van der Waals surface area contributed by atoms with Crippen molar-refractivity contribution in [2.24, 2.45) is 0 Å². The molecule has 4 nitrogen and oxygen atoms in total. The molecule has 2 aromatic heterocycles. The van der Waals surface area contributed by atoms with Crippen LogP contribution in [0.4, 0.5) is 10.2 Å². The Balaban J connectivity index is 1.31. The van der Waals surface area contributed by atoms with Crippen molar-refractivity contribution in [1.29, 1.82) is 0 Å². The number of rotatable bonds is 2. The van der Waals surface area contributed by atoms with Gasteiger partial charge in [0.05, 0.1) is 5.52 Å². The van der Waals surface area contributed by atoms with Crippen molar-refractivity contribution in [1.82, 2.24) is 14.9 Å². The molecule has 134 valence electrons. The van der Waals surface area contributed by atoms with E-state index in [4.69, 9.17) is 0 Å². The summed E-state index contributed by atoms with van der Waals surface area (Å²) in [6.45, 7) is 4.17.